The van der Waals surface area contributed by atoms with Crippen LogP contribution in [0, 0.1) is 0 Å². The molecular weight excluding hydrogens is 258 g/mol. The van der Waals surface area contributed by atoms with E-state index in [9.17, 15) is 0 Å². The summed E-state index contributed by atoms with van der Waals surface area (Å²) in [6.45, 7) is 8.80. The monoisotopic (exact) mass is 286 g/mol. The quantitative estimate of drug-likeness (QED) is 0.771. The molecule has 0 aliphatic carbocycles. The number of ether oxygens (including phenoxy) is 1. The maximum atomic E-state index is 5.96. The lowest BCUT2D eigenvalue weighted by Gasteiger charge is -2.16. The molecule has 2 aromatic carbocycles. The van der Waals surface area contributed by atoms with Gasteiger partial charge in [0.25, 0.3) is 0 Å². The van der Waals surface area contributed by atoms with Gasteiger partial charge in [0.15, 0.2) is 0 Å². The second-order valence-electron chi connectivity index (χ2n) is 6.75. The molecule has 0 saturated carbocycles. The van der Waals surface area contributed by atoms with Crippen LogP contribution in [0.25, 0.3) is 10.8 Å². The summed E-state index contributed by atoms with van der Waals surface area (Å²) in [6.07, 6.45) is 3.62. The van der Waals surface area contributed by atoms with Gasteiger partial charge in [-0.05, 0) is 51.5 Å². The van der Waals surface area contributed by atoms with E-state index < -0.39 is 0 Å². The third-order valence-corrected chi connectivity index (χ3v) is 3.61. The van der Waals surface area contributed by atoms with Crippen molar-refractivity contribution in [2.75, 3.05) is 13.2 Å². The lowest BCUT2D eigenvalue weighted by Crippen LogP contribution is -2.94. The Morgan fingerprint density at radius 2 is 1.67 bits per heavy atom. The van der Waals surface area contributed by atoms with Crippen molar-refractivity contribution in [3.63, 3.8) is 0 Å². The predicted octanol–water partition coefficient (Wildman–Crippen LogP) is 3.75. The van der Waals surface area contributed by atoms with Crippen LogP contribution in [0.1, 0.15) is 40.0 Å². The normalized spacial score (nSPS) is 11.8. The molecule has 0 heterocycles. The summed E-state index contributed by atoms with van der Waals surface area (Å²) in [7, 11) is 0. The molecule has 0 amide bonds. The summed E-state index contributed by atoms with van der Waals surface area (Å²) in [5, 5.41) is 4.87. The largest absolute Gasteiger partial charge is 0.493 e. The van der Waals surface area contributed by atoms with E-state index in [-0.39, 0.29) is 0 Å². The van der Waals surface area contributed by atoms with Gasteiger partial charge in [0.1, 0.15) is 5.75 Å². The molecule has 0 spiro atoms. The fraction of sp³-hybridized carbons (Fsp3) is 0.474. The zero-order valence-electron chi connectivity index (χ0n) is 13.6. The summed E-state index contributed by atoms with van der Waals surface area (Å²) < 4.78 is 5.96. The van der Waals surface area contributed by atoms with E-state index in [1.807, 2.05) is 0 Å². The number of hydrogen-bond acceptors (Lipinski definition) is 1. The van der Waals surface area contributed by atoms with Crippen LogP contribution in [-0.2, 0) is 0 Å². The summed E-state index contributed by atoms with van der Waals surface area (Å²) >= 11 is 0. The Balaban J connectivity index is 1.71. The first kappa shape index (κ1) is 15.8. The lowest BCUT2D eigenvalue weighted by atomic mass is 10.1. The Morgan fingerprint density at radius 1 is 0.905 bits per heavy atom. The number of rotatable bonds is 7. The van der Waals surface area contributed by atoms with Crippen molar-refractivity contribution in [2.45, 2.75) is 45.6 Å². The lowest BCUT2D eigenvalue weighted by molar-refractivity contribution is -0.717. The first-order chi connectivity index (χ1) is 10.1. The zero-order valence-corrected chi connectivity index (χ0v) is 13.6. The van der Waals surface area contributed by atoms with Crippen LogP contribution in [0.4, 0.5) is 0 Å². The molecule has 0 aliphatic heterocycles. The van der Waals surface area contributed by atoms with E-state index in [1.54, 1.807) is 0 Å². The molecule has 114 valence electrons. The molecule has 2 nitrogen and oxygen atoms in total. The molecule has 0 fully saturated rings. The average Bonchev–Trinajstić information content (AvgIpc) is 2.45. The van der Waals surface area contributed by atoms with Crippen LogP contribution < -0.4 is 10.1 Å². The standard InChI is InChI=1S/C19H27NO/c1-19(2,3)20-14-7-4-8-15-21-18-13-9-11-16-10-5-6-12-17(16)18/h5-6,9-13,20H,4,7-8,14-15H2,1-3H3/p+1. The molecule has 0 unspecified atom stereocenters. The number of fused-ring (bicyclic) bond motifs is 1. The third kappa shape index (κ3) is 5.39. The van der Waals surface area contributed by atoms with Crippen LogP contribution in [0.2, 0.25) is 0 Å². The van der Waals surface area contributed by atoms with Crippen molar-refractivity contribution in [1.82, 2.24) is 0 Å². The van der Waals surface area contributed by atoms with Crippen molar-refractivity contribution >= 4 is 10.8 Å². The highest BCUT2D eigenvalue weighted by Gasteiger charge is 2.11. The van der Waals surface area contributed by atoms with Gasteiger partial charge in [0.05, 0.1) is 18.7 Å². The van der Waals surface area contributed by atoms with E-state index in [0.717, 1.165) is 18.8 Å². The number of hydrogen-bond donors (Lipinski definition) is 1. The summed E-state index contributed by atoms with van der Waals surface area (Å²) in [5.74, 6) is 1.01. The first-order valence-electron chi connectivity index (χ1n) is 8.01. The molecule has 2 heteroatoms. The molecule has 2 aromatic rings. The van der Waals surface area contributed by atoms with Gasteiger partial charge >= 0.3 is 0 Å². The molecule has 0 saturated heterocycles. The van der Waals surface area contributed by atoms with Gasteiger partial charge in [-0.2, -0.15) is 0 Å². The maximum absolute atomic E-state index is 5.96. The van der Waals surface area contributed by atoms with Gasteiger partial charge in [0.2, 0.25) is 0 Å². The summed E-state index contributed by atoms with van der Waals surface area (Å²) in [5.41, 5.74) is 0.347. The van der Waals surface area contributed by atoms with Crippen molar-refractivity contribution in [2.24, 2.45) is 0 Å². The van der Waals surface area contributed by atoms with E-state index in [4.69, 9.17) is 4.74 Å². The van der Waals surface area contributed by atoms with Gasteiger partial charge < -0.3 is 10.1 Å². The molecule has 0 radical (unpaired) electrons. The minimum Gasteiger partial charge on any atom is -0.493 e. The second kappa shape index (κ2) is 7.46. The minimum atomic E-state index is 0.347. The van der Waals surface area contributed by atoms with Gasteiger partial charge in [-0.3, -0.25) is 0 Å². The predicted molar refractivity (Wildman–Crippen MR) is 89.8 cm³/mol. The van der Waals surface area contributed by atoms with Crippen LogP contribution in [0.3, 0.4) is 0 Å². The van der Waals surface area contributed by atoms with Crippen molar-refractivity contribution in [3.8, 4) is 5.75 Å². The van der Waals surface area contributed by atoms with Gasteiger partial charge in [-0.25, -0.2) is 0 Å². The van der Waals surface area contributed by atoms with Gasteiger partial charge in [-0.1, -0.05) is 36.4 Å². The Kier molecular flexibility index (Phi) is 5.63. The molecule has 0 aliphatic rings. The molecule has 0 atom stereocenters. The minimum absolute atomic E-state index is 0.347. The van der Waals surface area contributed by atoms with Crippen molar-refractivity contribution in [3.05, 3.63) is 42.5 Å². The van der Waals surface area contributed by atoms with Gasteiger partial charge in [-0.15, -0.1) is 0 Å². The highest BCUT2D eigenvalue weighted by atomic mass is 16.5. The number of unbranched alkanes of at least 4 members (excludes halogenated alkanes) is 2. The highest BCUT2D eigenvalue weighted by Crippen LogP contribution is 2.25. The molecule has 0 aromatic heterocycles. The molecule has 2 rings (SSSR count). The van der Waals surface area contributed by atoms with E-state index in [1.165, 1.54) is 30.2 Å². The Labute approximate surface area is 128 Å². The number of quaternary nitrogens is 1. The number of nitrogens with two attached hydrogens (primary N) is 1. The fourth-order valence-corrected chi connectivity index (χ4v) is 2.46. The first-order valence-corrected chi connectivity index (χ1v) is 8.01. The zero-order chi connectivity index (χ0) is 15.1. The second-order valence-corrected chi connectivity index (χ2v) is 6.75. The molecule has 2 N–H and O–H groups in total. The Bertz CT molecular complexity index is 551. The Morgan fingerprint density at radius 3 is 2.48 bits per heavy atom. The van der Waals surface area contributed by atoms with Crippen LogP contribution >= 0.6 is 0 Å². The summed E-state index contributed by atoms with van der Waals surface area (Å²) in [6, 6.07) is 14.7. The van der Waals surface area contributed by atoms with Gasteiger partial charge in [0, 0.05) is 5.39 Å². The number of benzene rings is 2. The topological polar surface area (TPSA) is 25.8 Å². The molecular formula is C19H28NO+. The van der Waals surface area contributed by atoms with Crippen molar-refractivity contribution in [1.29, 1.82) is 0 Å². The van der Waals surface area contributed by atoms with E-state index >= 15 is 0 Å². The molecule has 21 heavy (non-hydrogen) atoms. The van der Waals surface area contributed by atoms with E-state index in [0.29, 0.717) is 5.54 Å². The molecule has 0 bridgehead atoms. The maximum Gasteiger partial charge on any atom is 0.127 e. The summed E-state index contributed by atoms with van der Waals surface area (Å²) in [4.78, 5) is 0. The third-order valence-electron chi connectivity index (χ3n) is 3.61. The van der Waals surface area contributed by atoms with Crippen LogP contribution in [0.15, 0.2) is 42.5 Å². The smallest absolute Gasteiger partial charge is 0.127 e. The van der Waals surface area contributed by atoms with Crippen molar-refractivity contribution < 1.29 is 10.1 Å². The average molecular weight is 286 g/mol. The van der Waals surface area contributed by atoms with E-state index in [2.05, 4.69) is 68.6 Å². The Hall–Kier alpha value is -1.54. The highest BCUT2D eigenvalue weighted by molar-refractivity contribution is 5.88. The van der Waals surface area contributed by atoms with Crippen LogP contribution in [-0.4, -0.2) is 18.7 Å². The SMILES string of the molecule is CC(C)(C)[NH2+]CCCCCOc1cccc2ccccc12. The fourth-order valence-electron chi connectivity index (χ4n) is 2.46. The van der Waals surface area contributed by atoms with Crippen LogP contribution in [0.5, 0.6) is 5.75 Å².